The second-order valence-corrected chi connectivity index (χ2v) is 4.55. The molecule has 1 aromatic carbocycles. The van der Waals surface area contributed by atoms with Gasteiger partial charge in [-0.1, -0.05) is 23.2 Å². The summed E-state index contributed by atoms with van der Waals surface area (Å²) in [5.41, 5.74) is 1.82. The third kappa shape index (κ3) is 3.52. The number of pyridine rings is 1. The number of benzene rings is 1. The van der Waals surface area contributed by atoms with Gasteiger partial charge < -0.3 is 10.1 Å². The summed E-state index contributed by atoms with van der Waals surface area (Å²) >= 11 is 11.8. The smallest absolute Gasteiger partial charge is 0.130 e. The molecule has 0 spiro atoms. The molecule has 0 saturated carbocycles. The lowest BCUT2D eigenvalue weighted by Crippen LogP contribution is -1.99. The van der Waals surface area contributed by atoms with Crippen molar-refractivity contribution in [3.05, 3.63) is 52.3 Å². The van der Waals surface area contributed by atoms with Crippen LogP contribution in [0.2, 0.25) is 10.0 Å². The third-order valence-corrected chi connectivity index (χ3v) is 2.76. The van der Waals surface area contributed by atoms with Gasteiger partial charge in [0.25, 0.3) is 0 Å². The molecule has 0 saturated heterocycles. The molecule has 0 aliphatic carbocycles. The van der Waals surface area contributed by atoms with E-state index in [4.69, 9.17) is 27.9 Å². The van der Waals surface area contributed by atoms with Crippen molar-refractivity contribution < 1.29 is 4.74 Å². The Bertz CT molecular complexity index is 526. The average Bonchev–Trinajstić information content (AvgIpc) is 2.35. The quantitative estimate of drug-likeness (QED) is 0.920. The molecule has 5 heteroatoms. The van der Waals surface area contributed by atoms with Gasteiger partial charge in [0.05, 0.1) is 5.69 Å². The monoisotopic (exact) mass is 282 g/mol. The first-order chi connectivity index (χ1) is 8.67. The van der Waals surface area contributed by atoms with Crippen LogP contribution in [0.25, 0.3) is 0 Å². The molecule has 18 heavy (non-hydrogen) atoms. The Morgan fingerprint density at radius 1 is 1.17 bits per heavy atom. The van der Waals surface area contributed by atoms with E-state index in [1.54, 1.807) is 24.4 Å². The number of anilines is 1. The minimum absolute atomic E-state index is 0.367. The van der Waals surface area contributed by atoms with Crippen molar-refractivity contribution >= 4 is 28.9 Å². The maximum absolute atomic E-state index is 5.89. The van der Waals surface area contributed by atoms with Crippen LogP contribution in [0.3, 0.4) is 0 Å². The van der Waals surface area contributed by atoms with Gasteiger partial charge in [-0.25, -0.2) is 0 Å². The Balaban J connectivity index is 2.06. The van der Waals surface area contributed by atoms with E-state index >= 15 is 0 Å². The molecule has 1 heterocycles. The number of ether oxygens (including phenoxy) is 1. The second kappa shape index (κ2) is 5.94. The predicted octanol–water partition coefficient (Wildman–Crippen LogP) is 4.01. The highest BCUT2D eigenvalue weighted by Gasteiger charge is 2.01. The largest absolute Gasteiger partial charge is 0.487 e. The number of rotatable bonds is 4. The number of aromatic nitrogens is 1. The lowest BCUT2D eigenvalue weighted by Gasteiger charge is -2.08. The van der Waals surface area contributed by atoms with Gasteiger partial charge >= 0.3 is 0 Å². The van der Waals surface area contributed by atoms with E-state index in [-0.39, 0.29) is 0 Å². The third-order valence-electron chi connectivity index (χ3n) is 2.33. The van der Waals surface area contributed by atoms with Gasteiger partial charge in [-0.3, -0.25) is 4.98 Å². The van der Waals surface area contributed by atoms with E-state index in [1.807, 2.05) is 19.2 Å². The lowest BCUT2D eigenvalue weighted by molar-refractivity contribution is 0.301. The number of hydrogen-bond donors (Lipinski definition) is 1. The molecule has 0 aliphatic rings. The zero-order valence-corrected chi connectivity index (χ0v) is 11.3. The van der Waals surface area contributed by atoms with Crippen LogP contribution in [0.1, 0.15) is 5.69 Å². The fraction of sp³-hybridized carbons (Fsp3) is 0.154. The summed E-state index contributed by atoms with van der Waals surface area (Å²) in [4.78, 5) is 4.22. The second-order valence-electron chi connectivity index (χ2n) is 3.68. The number of halogens is 2. The molecule has 1 N–H and O–H groups in total. The molecule has 1 aromatic heterocycles. The normalized spacial score (nSPS) is 10.2. The van der Waals surface area contributed by atoms with Crippen molar-refractivity contribution in [3.63, 3.8) is 0 Å². The summed E-state index contributed by atoms with van der Waals surface area (Å²) in [6.07, 6.45) is 1.73. The SMILES string of the molecule is CNc1ccnc(COc2cc(Cl)cc(Cl)c2)c1. The molecule has 2 rings (SSSR count). The fourth-order valence-corrected chi connectivity index (χ4v) is 1.99. The lowest BCUT2D eigenvalue weighted by atomic mass is 10.3. The molecule has 0 aliphatic heterocycles. The first-order valence-electron chi connectivity index (χ1n) is 5.39. The van der Waals surface area contributed by atoms with Gasteiger partial charge in [0.2, 0.25) is 0 Å². The zero-order valence-electron chi connectivity index (χ0n) is 9.78. The number of nitrogens with zero attached hydrogens (tertiary/aromatic N) is 1. The van der Waals surface area contributed by atoms with Crippen LogP contribution < -0.4 is 10.1 Å². The molecule has 0 atom stereocenters. The van der Waals surface area contributed by atoms with Crippen LogP contribution in [0.5, 0.6) is 5.75 Å². The summed E-state index contributed by atoms with van der Waals surface area (Å²) in [7, 11) is 1.86. The van der Waals surface area contributed by atoms with Crippen molar-refractivity contribution in [2.24, 2.45) is 0 Å². The Morgan fingerprint density at radius 2 is 1.89 bits per heavy atom. The highest BCUT2D eigenvalue weighted by atomic mass is 35.5. The first kappa shape index (κ1) is 13.0. The molecule has 94 valence electrons. The highest BCUT2D eigenvalue weighted by Crippen LogP contribution is 2.24. The van der Waals surface area contributed by atoms with E-state index in [2.05, 4.69) is 10.3 Å². The maximum atomic E-state index is 5.89. The van der Waals surface area contributed by atoms with Crippen molar-refractivity contribution in [2.45, 2.75) is 6.61 Å². The number of hydrogen-bond acceptors (Lipinski definition) is 3. The van der Waals surface area contributed by atoms with Crippen LogP contribution in [0, 0.1) is 0 Å². The van der Waals surface area contributed by atoms with E-state index < -0.39 is 0 Å². The van der Waals surface area contributed by atoms with Crippen molar-refractivity contribution in [1.82, 2.24) is 4.98 Å². The van der Waals surface area contributed by atoms with Crippen LogP contribution >= 0.6 is 23.2 Å². The van der Waals surface area contributed by atoms with Crippen molar-refractivity contribution in [1.29, 1.82) is 0 Å². The Hall–Kier alpha value is -1.45. The summed E-state index contributed by atoms with van der Waals surface area (Å²) in [5, 5.41) is 4.15. The summed E-state index contributed by atoms with van der Waals surface area (Å²) in [5.74, 6) is 0.629. The van der Waals surface area contributed by atoms with Gasteiger partial charge in [-0.2, -0.15) is 0 Å². The van der Waals surface area contributed by atoms with Gasteiger partial charge in [-0.15, -0.1) is 0 Å². The summed E-state index contributed by atoms with van der Waals surface area (Å²) < 4.78 is 5.59. The molecule has 0 unspecified atom stereocenters. The molecule has 0 bridgehead atoms. The minimum Gasteiger partial charge on any atom is -0.487 e. The number of nitrogens with one attached hydrogen (secondary N) is 1. The molecule has 0 radical (unpaired) electrons. The summed E-state index contributed by atoms with van der Waals surface area (Å²) in [6.45, 7) is 0.367. The molecular formula is C13H12Cl2N2O. The summed E-state index contributed by atoms with van der Waals surface area (Å²) in [6, 6.07) is 8.91. The highest BCUT2D eigenvalue weighted by molar-refractivity contribution is 6.34. The topological polar surface area (TPSA) is 34.2 Å². The fourth-order valence-electron chi connectivity index (χ4n) is 1.48. The van der Waals surface area contributed by atoms with Crippen LogP contribution in [-0.4, -0.2) is 12.0 Å². The molecule has 0 amide bonds. The van der Waals surface area contributed by atoms with Gasteiger partial charge in [0.15, 0.2) is 0 Å². The van der Waals surface area contributed by atoms with Gasteiger partial charge in [-0.05, 0) is 30.3 Å². The van der Waals surface area contributed by atoms with E-state index in [9.17, 15) is 0 Å². The molecule has 0 fully saturated rings. The minimum atomic E-state index is 0.367. The van der Waals surface area contributed by atoms with Crippen LogP contribution in [-0.2, 0) is 6.61 Å². The van der Waals surface area contributed by atoms with E-state index in [0.717, 1.165) is 11.4 Å². The standard InChI is InChI=1S/C13H12Cl2N2O/c1-16-11-2-3-17-12(7-11)8-18-13-5-9(14)4-10(15)6-13/h2-7H,8H2,1H3,(H,16,17). The average molecular weight is 283 g/mol. The first-order valence-corrected chi connectivity index (χ1v) is 6.14. The van der Waals surface area contributed by atoms with Gasteiger partial charge in [0.1, 0.15) is 12.4 Å². The molecule has 3 nitrogen and oxygen atoms in total. The van der Waals surface area contributed by atoms with Crippen LogP contribution in [0.4, 0.5) is 5.69 Å². The molecular weight excluding hydrogens is 271 g/mol. The zero-order chi connectivity index (χ0) is 13.0. The van der Waals surface area contributed by atoms with Crippen LogP contribution in [0.15, 0.2) is 36.5 Å². The van der Waals surface area contributed by atoms with Crippen molar-refractivity contribution in [2.75, 3.05) is 12.4 Å². The predicted molar refractivity (Wildman–Crippen MR) is 74.6 cm³/mol. The van der Waals surface area contributed by atoms with E-state index in [1.165, 1.54) is 0 Å². The van der Waals surface area contributed by atoms with E-state index in [0.29, 0.717) is 22.4 Å². The van der Waals surface area contributed by atoms with Crippen molar-refractivity contribution in [3.8, 4) is 5.75 Å². The Morgan fingerprint density at radius 3 is 2.56 bits per heavy atom. The maximum Gasteiger partial charge on any atom is 0.130 e. The Kier molecular flexibility index (Phi) is 4.28. The molecule has 2 aromatic rings. The van der Waals surface area contributed by atoms with Gasteiger partial charge in [0, 0.05) is 29.0 Å². The Labute approximate surface area is 116 Å².